The Bertz CT molecular complexity index is 1230. The van der Waals surface area contributed by atoms with Crippen molar-refractivity contribution in [3.05, 3.63) is 94.5 Å². The molecule has 1 aliphatic rings. The maximum atomic E-state index is 12.8. The highest BCUT2D eigenvalue weighted by Gasteiger charge is 2.22. The highest BCUT2D eigenvalue weighted by molar-refractivity contribution is 7.85. The smallest absolute Gasteiger partial charge is 0.121 e. The molecule has 0 aliphatic heterocycles. The van der Waals surface area contributed by atoms with E-state index in [1.165, 1.54) is 30.0 Å². The second-order valence-corrected chi connectivity index (χ2v) is 12.4. The first-order chi connectivity index (χ1) is 19.5. The average Bonchev–Trinajstić information content (AvgIpc) is 3.52. The molecule has 0 bridgehead atoms. The minimum Gasteiger partial charge on any atom is -0.508 e. The van der Waals surface area contributed by atoms with Crippen molar-refractivity contribution in [2.24, 2.45) is 0 Å². The summed E-state index contributed by atoms with van der Waals surface area (Å²) in [6.45, 7) is 2.15. The van der Waals surface area contributed by atoms with E-state index >= 15 is 0 Å². The van der Waals surface area contributed by atoms with Gasteiger partial charge in [-0.15, -0.1) is 0 Å². The molecular formula is C33H43NO5S. The highest BCUT2D eigenvalue weighted by atomic mass is 32.2. The molecule has 2 unspecified atom stereocenters. The van der Waals surface area contributed by atoms with Crippen LogP contribution in [0, 0.1) is 0 Å². The molecule has 6 nitrogen and oxygen atoms in total. The topological polar surface area (TPSA) is 99.0 Å². The van der Waals surface area contributed by atoms with Gasteiger partial charge in [-0.3, -0.25) is 4.21 Å². The second kappa shape index (κ2) is 16.0. The molecule has 1 aliphatic carbocycles. The monoisotopic (exact) mass is 565 g/mol. The molecule has 7 heteroatoms. The molecule has 4 N–H and O–H groups in total. The van der Waals surface area contributed by atoms with Crippen molar-refractivity contribution in [2.75, 3.05) is 19.7 Å². The van der Waals surface area contributed by atoms with Gasteiger partial charge in [0.1, 0.15) is 5.75 Å². The van der Waals surface area contributed by atoms with Crippen molar-refractivity contribution in [1.29, 1.82) is 0 Å². The van der Waals surface area contributed by atoms with Gasteiger partial charge in [0, 0.05) is 28.9 Å². The third kappa shape index (κ3) is 9.25. The van der Waals surface area contributed by atoms with E-state index in [0.29, 0.717) is 36.1 Å². The molecular weight excluding hydrogens is 522 g/mol. The number of ether oxygens (including phenoxy) is 1. The van der Waals surface area contributed by atoms with E-state index in [4.69, 9.17) is 4.74 Å². The first-order valence-corrected chi connectivity index (χ1v) is 15.7. The second-order valence-electron chi connectivity index (χ2n) is 10.7. The molecule has 4 rings (SSSR count). The molecule has 3 aromatic rings. The number of hydrogen-bond acceptors (Lipinski definition) is 6. The molecule has 0 spiro atoms. The van der Waals surface area contributed by atoms with Gasteiger partial charge in [-0.25, -0.2) is 0 Å². The lowest BCUT2D eigenvalue weighted by Crippen LogP contribution is -2.23. The van der Waals surface area contributed by atoms with Crippen LogP contribution in [0.4, 0.5) is 0 Å². The Labute approximate surface area is 240 Å². The fourth-order valence-electron chi connectivity index (χ4n) is 5.25. The maximum absolute atomic E-state index is 12.8. The van der Waals surface area contributed by atoms with Crippen LogP contribution in [0.3, 0.4) is 0 Å². The van der Waals surface area contributed by atoms with Gasteiger partial charge < -0.3 is 25.4 Å². The SMILES string of the molecule is O=S(c1cccc(CCCCOCc2cccc(CCNCC(O)c3ccc(O)c(CO)c3)c2)c1)C1CCCC1. The summed E-state index contributed by atoms with van der Waals surface area (Å²) < 4.78 is 18.8. The molecule has 40 heavy (non-hydrogen) atoms. The van der Waals surface area contributed by atoms with Crippen LogP contribution in [0.25, 0.3) is 0 Å². The summed E-state index contributed by atoms with van der Waals surface area (Å²) in [5, 5.41) is 33.0. The number of hydrogen-bond donors (Lipinski definition) is 4. The number of unbranched alkanes of at least 4 members (excludes halogenated alkanes) is 1. The lowest BCUT2D eigenvalue weighted by molar-refractivity contribution is 0.117. The van der Waals surface area contributed by atoms with Gasteiger partial charge in [0.15, 0.2) is 0 Å². The Kier molecular flexibility index (Phi) is 12.2. The van der Waals surface area contributed by atoms with Crippen LogP contribution in [0.1, 0.15) is 72.4 Å². The quantitative estimate of drug-likeness (QED) is 0.175. The summed E-state index contributed by atoms with van der Waals surface area (Å²) in [4.78, 5) is 0.987. The predicted molar refractivity (Wildman–Crippen MR) is 160 cm³/mol. The first-order valence-electron chi connectivity index (χ1n) is 14.5. The van der Waals surface area contributed by atoms with Crippen molar-refractivity contribution >= 4 is 10.8 Å². The van der Waals surface area contributed by atoms with Gasteiger partial charge in [0.25, 0.3) is 0 Å². The van der Waals surface area contributed by atoms with E-state index in [0.717, 1.165) is 55.5 Å². The minimum absolute atomic E-state index is 0.0326. The van der Waals surface area contributed by atoms with Crippen LogP contribution in [0.2, 0.25) is 0 Å². The van der Waals surface area contributed by atoms with Crippen LogP contribution in [0.5, 0.6) is 5.75 Å². The molecule has 0 aromatic heterocycles. The number of aliphatic hydroxyl groups excluding tert-OH is 2. The summed E-state index contributed by atoms with van der Waals surface area (Å²) in [6.07, 6.45) is 7.73. The fraction of sp³-hybridized carbons (Fsp3) is 0.455. The Hall–Kier alpha value is -2.55. The van der Waals surface area contributed by atoms with E-state index in [1.807, 2.05) is 12.1 Å². The first kappa shape index (κ1) is 30.4. The average molecular weight is 566 g/mol. The van der Waals surface area contributed by atoms with Gasteiger partial charge >= 0.3 is 0 Å². The normalized spacial score (nSPS) is 15.3. The van der Waals surface area contributed by atoms with Crippen LogP contribution in [-0.2, 0) is 41.6 Å². The Balaban J connectivity index is 1.11. The molecule has 0 radical (unpaired) electrons. The van der Waals surface area contributed by atoms with Gasteiger partial charge in [-0.2, -0.15) is 0 Å². The van der Waals surface area contributed by atoms with Gasteiger partial charge in [-0.1, -0.05) is 55.3 Å². The number of aliphatic hydroxyl groups is 2. The summed E-state index contributed by atoms with van der Waals surface area (Å²) in [7, 11) is -0.873. The number of nitrogens with one attached hydrogen (secondary N) is 1. The number of rotatable bonds is 16. The van der Waals surface area contributed by atoms with E-state index in [2.05, 4.69) is 41.7 Å². The number of benzene rings is 3. The van der Waals surface area contributed by atoms with E-state index in [-0.39, 0.29) is 12.4 Å². The van der Waals surface area contributed by atoms with E-state index in [1.54, 1.807) is 12.1 Å². The molecule has 0 saturated heterocycles. The van der Waals surface area contributed by atoms with Gasteiger partial charge in [-0.05, 0) is 91.6 Å². The minimum atomic E-state index is -0.873. The van der Waals surface area contributed by atoms with Crippen LogP contribution in [-0.4, -0.2) is 44.5 Å². The fourth-order valence-corrected chi connectivity index (χ4v) is 6.87. The zero-order valence-electron chi connectivity index (χ0n) is 23.3. The lowest BCUT2D eigenvalue weighted by atomic mass is 10.0. The molecule has 3 aromatic carbocycles. The molecule has 1 saturated carbocycles. The molecule has 2 atom stereocenters. The highest BCUT2D eigenvalue weighted by Crippen LogP contribution is 2.27. The van der Waals surface area contributed by atoms with Crippen LogP contribution in [0.15, 0.2) is 71.6 Å². The summed E-state index contributed by atoms with van der Waals surface area (Å²) >= 11 is 0. The third-order valence-corrected chi connectivity index (χ3v) is 9.38. The molecule has 216 valence electrons. The Morgan fingerprint density at radius 1 is 0.925 bits per heavy atom. The number of aromatic hydroxyl groups is 1. The van der Waals surface area contributed by atoms with E-state index in [9.17, 15) is 19.5 Å². The third-order valence-electron chi connectivity index (χ3n) is 7.59. The van der Waals surface area contributed by atoms with Crippen LogP contribution < -0.4 is 5.32 Å². The van der Waals surface area contributed by atoms with Crippen molar-refractivity contribution in [3.63, 3.8) is 0 Å². The Morgan fingerprint density at radius 3 is 2.48 bits per heavy atom. The maximum Gasteiger partial charge on any atom is 0.121 e. The van der Waals surface area contributed by atoms with Gasteiger partial charge in [0.2, 0.25) is 0 Å². The molecule has 1 fully saturated rings. The van der Waals surface area contributed by atoms with Crippen molar-refractivity contribution < 1.29 is 24.3 Å². The van der Waals surface area contributed by atoms with Crippen molar-refractivity contribution in [1.82, 2.24) is 5.32 Å². The standard InChI is InChI=1S/C33H43NO5S/c35-23-29-21-28(14-15-32(29)36)33(37)22-34-17-16-26-8-5-10-27(19-26)24-39-18-4-3-7-25-9-6-13-31(20-25)40(38)30-11-1-2-12-30/h5-6,8-10,13-15,19-21,30,33-37H,1-4,7,11-12,16-18,22-24H2. The molecule has 0 amide bonds. The van der Waals surface area contributed by atoms with Crippen LogP contribution >= 0.6 is 0 Å². The van der Waals surface area contributed by atoms with Gasteiger partial charge in [0.05, 0.1) is 30.1 Å². The largest absolute Gasteiger partial charge is 0.508 e. The predicted octanol–water partition coefficient (Wildman–Crippen LogP) is 5.34. The Morgan fingerprint density at radius 2 is 1.68 bits per heavy atom. The molecule has 0 heterocycles. The van der Waals surface area contributed by atoms with E-state index < -0.39 is 16.9 Å². The summed E-state index contributed by atoms with van der Waals surface area (Å²) in [5.74, 6) is 0.0326. The zero-order chi connectivity index (χ0) is 28.2. The zero-order valence-corrected chi connectivity index (χ0v) is 24.1. The number of phenols is 1. The summed E-state index contributed by atoms with van der Waals surface area (Å²) in [5.41, 5.74) is 4.70. The summed E-state index contributed by atoms with van der Waals surface area (Å²) in [6, 6.07) is 21.5. The lowest BCUT2D eigenvalue weighted by Gasteiger charge is -2.14. The van der Waals surface area contributed by atoms with Crippen molar-refractivity contribution in [2.45, 2.75) is 80.8 Å². The number of aryl methyl sites for hydroxylation is 1. The van der Waals surface area contributed by atoms with Crippen molar-refractivity contribution in [3.8, 4) is 5.75 Å².